The maximum Gasteiger partial charge on any atom is 0.310 e. The van der Waals surface area contributed by atoms with E-state index >= 15 is 0 Å². The van der Waals surface area contributed by atoms with E-state index in [1.807, 2.05) is 25.1 Å². The second kappa shape index (κ2) is 6.14. The normalized spacial score (nSPS) is 23.6. The minimum absolute atomic E-state index is 0.589. The predicted molar refractivity (Wildman–Crippen MR) is 80.9 cm³/mol. The van der Waals surface area contributed by atoms with Gasteiger partial charge in [0.2, 0.25) is 0 Å². The second-order valence-electron chi connectivity index (χ2n) is 5.64. The highest BCUT2D eigenvalue weighted by Gasteiger charge is 2.37. The van der Waals surface area contributed by atoms with Gasteiger partial charge in [-0.1, -0.05) is 15.9 Å². The minimum Gasteiger partial charge on any atom is -0.497 e. The van der Waals surface area contributed by atoms with Crippen molar-refractivity contribution in [3.05, 3.63) is 28.2 Å². The summed E-state index contributed by atoms with van der Waals surface area (Å²) >= 11 is 3.55. The second-order valence-corrected chi connectivity index (χ2v) is 6.49. The first-order valence-electron chi connectivity index (χ1n) is 6.73. The van der Waals surface area contributed by atoms with Crippen molar-refractivity contribution < 1.29 is 14.6 Å². The van der Waals surface area contributed by atoms with Crippen LogP contribution < -0.4 is 4.74 Å². The van der Waals surface area contributed by atoms with E-state index in [-0.39, 0.29) is 0 Å². The summed E-state index contributed by atoms with van der Waals surface area (Å²) in [6, 6.07) is 5.87. The van der Waals surface area contributed by atoms with Gasteiger partial charge in [-0.05, 0) is 50.1 Å². The van der Waals surface area contributed by atoms with Crippen LogP contribution in [-0.2, 0) is 11.3 Å². The number of carboxylic acids is 1. The molecule has 0 bridgehead atoms. The zero-order valence-corrected chi connectivity index (χ0v) is 13.4. The molecule has 1 unspecified atom stereocenters. The molecule has 4 nitrogen and oxygen atoms in total. The van der Waals surface area contributed by atoms with Gasteiger partial charge >= 0.3 is 5.97 Å². The summed E-state index contributed by atoms with van der Waals surface area (Å²) < 4.78 is 6.27. The zero-order valence-electron chi connectivity index (χ0n) is 11.9. The molecule has 2 rings (SSSR count). The number of hydrogen-bond acceptors (Lipinski definition) is 3. The molecular weight excluding hydrogens is 322 g/mol. The van der Waals surface area contributed by atoms with Gasteiger partial charge in [-0.2, -0.15) is 0 Å². The van der Waals surface area contributed by atoms with Crippen molar-refractivity contribution in [2.45, 2.75) is 26.3 Å². The van der Waals surface area contributed by atoms with Gasteiger partial charge in [-0.15, -0.1) is 0 Å². The maximum atomic E-state index is 11.4. The Morgan fingerprint density at radius 1 is 1.55 bits per heavy atom. The fourth-order valence-corrected chi connectivity index (χ4v) is 3.07. The molecule has 1 atom stereocenters. The van der Waals surface area contributed by atoms with Crippen molar-refractivity contribution in [2.24, 2.45) is 5.41 Å². The lowest BCUT2D eigenvalue weighted by atomic mass is 9.82. The number of hydrogen-bond donors (Lipinski definition) is 1. The summed E-state index contributed by atoms with van der Waals surface area (Å²) in [7, 11) is 1.65. The van der Waals surface area contributed by atoms with Crippen LogP contribution in [0.2, 0.25) is 0 Å². The molecular formula is C15H20BrNO3. The van der Waals surface area contributed by atoms with Gasteiger partial charge in [0.25, 0.3) is 0 Å². The Morgan fingerprint density at radius 3 is 2.95 bits per heavy atom. The molecule has 1 aliphatic rings. The monoisotopic (exact) mass is 341 g/mol. The Bertz CT molecular complexity index is 506. The number of halogens is 1. The van der Waals surface area contributed by atoms with Crippen molar-refractivity contribution >= 4 is 21.9 Å². The van der Waals surface area contributed by atoms with E-state index in [4.69, 9.17) is 4.74 Å². The first kappa shape index (κ1) is 15.3. The van der Waals surface area contributed by atoms with Crippen molar-refractivity contribution in [1.82, 2.24) is 4.90 Å². The average Bonchev–Trinajstić information content (AvgIpc) is 2.41. The third-order valence-electron chi connectivity index (χ3n) is 3.94. The molecule has 110 valence electrons. The standard InChI is InChI=1S/C15H20BrNO3/c1-15(14(18)19)6-3-7-17(10-15)9-11-8-12(20-2)4-5-13(11)16/h4-5,8H,3,6-7,9-10H2,1-2H3,(H,18,19). The van der Waals surface area contributed by atoms with Gasteiger partial charge in [0, 0.05) is 17.6 Å². The highest BCUT2D eigenvalue weighted by molar-refractivity contribution is 9.10. The SMILES string of the molecule is COc1ccc(Br)c(CN2CCCC(C)(C(=O)O)C2)c1. The number of aliphatic carboxylic acids is 1. The molecule has 5 heteroatoms. The lowest BCUT2D eigenvalue weighted by molar-refractivity contribution is -0.151. The highest BCUT2D eigenvalue weighted by Crippen LogP contribution is 2.32. The van der Waals surface area contributed by atoms with Crippen LogP contribution in [0.15, 0.2) is 22.7 Å². The molecule has 1 aliphatic heterocycles. The molecule has 0 aromatic heterocycles. The maximum absolute atomic E-state index is 11.4. The lowest BCUT2D eigenvalue weighted by Gasteiger charge is -2.37. The average molecular weight is 342 g/mol. The predicted octanol–water partition coefficient (Wildman–Crippen LogP) is 3.14. The topological polar surface area (TPSA) is 49.8 Å². The molecule has 0 aliphatic carbocycles. The molecule has 1 aromatic rings. The Kier molecular flexibility index (Phi) is 4.70. The van der Waals surface area contributed by atoms with Crippen molar-refractivity contribution in [3.8, 4) is 5.75 Å². The summed E-state index contributed by atoms with van der Waals surface area (Å²) in [6.45, 7) is 4.10. The van der Waals surface area contributed by atoms with Crippen molar-refractivity contribution in [2.75, 3.05) is 20.2 Å². The molecule has 0 amide bonds. The van der Waals surface area contributed by atoms with Crippen LogP contribution >= 0.6 is 15.9 Å². The molecule has 1 saturated heterocycles. The number of rotatable bonds is 4. The number of ether oxygens (including phenoxy) is 1. The number of piperidine rings is 1. The summed E-state index contributed by atoms with van der Waals surface area (Å²) in [6.07, 6.45) is 1.67. The molecule has 1 aromatic carbocycles. The van der Waals surface area contributed by atoms with E-state index in [1.54, 1.807) is 7.11 Å². The van der Waals surface area contributed by atoms with Gasteiger partial charge in [-0.25, -0.2) is 0 Å². The van der Waals surface area contributed by atoms with Gasteiger partial charge in [0.05, 0.1) is 12.5 Å². The minimum atomic E-state index is -0.702. The van der Waals surface area contributed by atoms with Gasteiger partial charge in [-0.3, -0.25) is 9.69 Å². The number of carboxylic acid groups (broad SMARTS) is 1. The molecule has 1 fully saturated rings. The molecule has 0 spiro atoms. The summed E-state index contributed by atoms with van der Waals surface area (Å²) in [5.41, 5.74) is 0.489. The highest BCUT2D eigenvalue weighted by atomic mass is 79.9. The van der Waals surface area contributed by atoms with Crippen molar-refractivity contribution in [1.29, 1.82) is 0 Å². The summed E-state index contributed by atoms with van der Waals surface area (Å²) in [5, 5.41) is 9.36. The molecule has 1 heterocycles. The Hall–Kier alpha value is -1.07. The molecule has 0 radical (unpaired) electrons. The number of likely N-dealkylation sites (tertiary alicyclic amines) is 1. The lowest BCUT2D eigenvalue weighted by Crippen LogP contribution is -2.45. The van der Waals surface area contributed by atoms with E-state index in [2.05, 4.69) is 20.8 Å². The quantitative estimate of drug-likeness (QED) is 0.913. The first-order valence-corrected chi connectivity index (χ1v) is 7.52. The van der Waals surface area contributed by atoms with Crippen LogP contribution in [-0.4, -0.2) is 36.2 Å². The summed E-state index contributed by atoms with van der Waals surface area (Å²) in [5.74, 6) is 0.119. The molecule has 0 saturated carbocycles. The third-order valence-corrected chi connectivity index (χ3v) is 4.71. The fraction of sp³-hybridized carbons (Fsp3) is 0.533. The van der Waals surface area contributed by atoms with Crippen LogP contribution in [0.25, 0.3) is 0 Å². The fourth-order valence-electron chi connectivity index (χ4n) is 2.69. The van der Waals surface area contributed by atoms with E-state index < -0.39 is 11.4 Å². The number of methoxy groups -OCH3 is 1. The first-order chi connectivity index (χ1) is 9.44. The van der Waals surface area contributed by atoms with Crippen LogP contribution in [0.3, 0.4) is 0 Å². The third kappa shape index (κ3) is 3.33. The van der Waals surface area contributed by atoms with E-state index in [9.17, 15) is 9.90 Å². The molecule has 1 N–H and O–H groups in total. The smallest absolute Gasteiger partial charge is 0.310 e. The zero-order chi connectivity index (χ0) is 14.8. The van der Waals surface area contributed by atoms with E-state index in [1.165, 1.54) is 0 Å². The van der Waals surface area contributed by atoms with E-state index in [0.29, 0.717) is 6.54 Å². The largest absolute Gasteiger partial charge is 0.497 e. The summed E-state index contributed by atoms with van der Waals surface area (Å²) in [4.78, 5) is 13.6. The molecule has 20 heavy (non-hydrogen) atoms. The Morgan fingerprint density at radius 2 is 2.30 bits per heavy atom. The van der Waals surface area contributed by atoms with Gasteiger partial charge < -0.3 is 9.84 Å². The van der Waals surface area contributed by atoms with Crippen LogP contribution in [0.4, 0.5) is 0 Å². The number of nitrogens with zero attached hydrogens (tertiary/aromatic N) is 1. The Balaban J connectivity index is 2.12. The van der Waals surface area contributed by atoms with Gasteiger partial charge in [0.15, 0.2) is 0 Å². The van der Waals surface area contributed by atoms with Crippen molar-refractivity contribution in [3.63, 3.8) is 0 Å². The van der Waals surface area contributed by atoms with E-state index in [0.717, 1.165) is 41.7 Å². The van der Waals surface area contributed by atoms with Crippen LogP contribution in [0, 0.1) is 5.41 Å². The number of carbonyl (C=O) groups is 1. The number of benzene rings is 1. The van der Waals surface area contributed by atoms with Crippen LogP contribution in [0.5, 0.6) is 5.75 Å². The Labute approximate surface area is 127 Å². The van der Waals surface area contributed by atoms with Crippen LogP contribution in [0.1, 0.15) is 25.3 Å². The van der Waals surface area contributed by atoms with Gasteiger partial charge in [0.1, 0.15) is 5.75 Å².